The van der Waals surface area contributed by atoms with Gasteiger partial charge in [-0.15, -0.1) is 0 Å². The van der Waals surface area contributed by atoms with Gasteiger partial charge in [-0.3, -0.25) is 4.79 Å². The summed E-state index contributed by atoms with van der Waals surface area (Å²) in [6.07, 6.45) is 1.51. The number of carbonyl (C=O) groups is 1. The number of nitrogens with two attached hydrogens (primary N) is 1. The van der Waals surface area contributed by atoms with Crippen LogP contribution < -0.4 is 10.6 Å². The fourth-order valence-electron chi connectivity index (χ4n) is 2.38. The van der Waals surface area contributed by atoms with Crippen molar-refractivity contribution in [3.63, 3.8) is 0 Å². The average Bonchev–Trinajstić information content (AvgIpc) is 2.59. The van der Waals surface area contributed by atoms with Crippen LogP contribution in [-0.4, -0.2) is 12.5 Å². The Labute approximate surface area is 109 Å². The highest BCUT2D eigenvalue weighted by atomic mass is 16.2. The van der Waals surface area contributed by atoms with E-state index >= 15 is 0 Å². The minimum absolute atomic E-state index is 0.0239. The summed E-state index contributed by atoms with van der Waals surface area (Å²) in [6.45, 7) is 9.06. The van der Waals surface area contributed by atoms with E-state index in [2.05, 4.69) is 26.8 Å². The number of aryl methyl sites for hydroxylation is 1. The Morgan fingerprint density at radius 3 is 2.67 bits per heavy atom. The fourth-order valence-corrected chi connectivity index (χ4v) is 2.38. The van der Waals surface area contributed by atoms with Crippen molar-refractivity contribution in [3.05, 3.63) is 23.3 Å². The molecule has 1 heterocycles. The number of benzene rings is 1. The SMILES string of the molecule is Cc1cc2c(cc1N)N(C(=O)CC(C)(C)C)CC2. The number of fused-ring (bicyclic) bond motifs is 1. The summed E-state index contributed by atoms with van der Waals surface area (Å²) in [6, 6.07) is 4.05. The van der Waals surface area contributed by atoms with Crippen molar-refractivity contribution in [2.75, 3.05) is 17.2 Å². The third-order valence-corrected chi connectivity index (χ3v) is 3.35. The number of anilines is 2. The zero-order valence-electron chi connectivity index (χ0n) is 11.7. The number of amides is 1. The van der Waals surface area contributed by atoms with E-state index in [-0.39, 0.29) is 11.3 Å². The van der Waals surface area contributed by atoms with Crippen molar-refractivity contribution < 1.29 is 4.79 Å². The van der Waals surface area contributed by atoms with E-state index in [1.807, 2.05) is 17.9 Å². The van der Waals surface area contributed by atoms with Gasteiger partial charge >= 0.3 is 0 Å². The molecule has 3 nitrogen and oxygen atoms in total. The molecule has 18 heavy (non-hydrogen) atoms. The van der Waals surface area contributed by atoms with Gasteiger partial charge in [-0.25, -0.2) is 0 Å². The molecule has 0 spiro atoms. The van der Waals surface area contributed by atoms with Crippen LogP contribution in [0, 0.1) is 12.3 Å². The zero-order valence-corrected chi connectivity index (χ0v) is 11.7. The summed E-state index contributed by atoms with van der Waals surface area (Å²) in [4.78, 5) is 14.2. The minimum Gasteiger partial charge on any atom is -0.398 e. The molecule has 0 aliphatic carbocycles. The first-order chi connectivity index (χ1) is 8.28. The van der Waals surface area contributed by atoms with Crippen LogP contribution in [0.25, 0.3) is 0 Å². The Morgan fingerprint density at radius 1 is 1.39 bits per heavy atom. The summed E-state index contributed by atoms with van der Waals surface area (Å²) >= 11 is 0. The predicted octanol–water partition coefficient (Wildman–Crippen LogP) is 2.90. The van der Waals surface area contributed by atoms with Gasteiger partial charge in [-0.2, -0.15) is 0 Å². The van der Waals surface area contributed by atoms with Crippen LogP contribution >= 0.6 is 0 Å². The molecule has 0 aromatic heterocycles. The molecular formula is C15H22N2O. The second-order valence-corrected chi connectivity index (χ2v) is 6.37. The van der Waals surface area contributed by atoms with Crippen molar-refractivity contribution in [2.45, 2.75) is 40.5 Å². The van der Waals surface area contributed by atoms with Crippen LogP contribution in [0.15, 0.2) is 12.1 Å². The molecule has 1 amide bonds. The topological polar surface area (TPSA) is 46.3 Å². The van der Waals surface area contributed by atoms with E-state index < -0.39 is 0 Å². The second-order valence-electron chi connectivity index (χ2n) is 6.37. The number of hydrogen-bond donors (Lipinski definition) is 1. The number of rotatable bonds is 1. The molecule has 0 radical (unpaired) electrons. The Morgan fingerprint density at radius 2 is 2.06 bits per heavy atom. The van der Waals surface area contributed by atoms with Gasteiger partial charge in [0.25, 0.3) is 0 Å². The first kappa shape index (κ1) is 12.9. The Bertz CT molecular complexity index is 486. The number of nitrogen functional groups attached to an aromatic ring is 1. The van der Waals surface area contributed by atoms with Crippen molar-refractivity contribution in [3.8, 4) is 0 Å². The molecule has 98 valence electrons. The number of hydrogen-bond acceptors (Lipinski definition) is 2. The number of carbonyl (C=O) groups excluding carboxylic acids is 1. The molecule has 0 fully saturated rings. The van der Waals surface area contributed by atoms with Gasteiger partial charge in [0.2, 0.25) is 5.91 Å². The first-order valence-electron chi connectivity index (χ1n) is 6.47. The van der Waals surface area contributed by atoms with Crippen LogP contribution in [0.2, 0.25) is 0 Å². The Hall–Kier alpha value is -1.51. The summed E-state index contributed by atoms with van der Waals surface area (Å²) in [5, 5.41) is 0. The fraction of sp³-hybridized carbons (Fsp3) is 0.533. The molecule has 1 aromatic carbocycles. The summed E-state index contributed by atoms with van der Waals surface area (Å²) in [5.41, 5.74) is 10.1. The molecule has 2 N–H and O–H groups in total. The monoisotopic (exact) mass is 246 g/mol. The number of nitrogens with zero attached hydrogens (tertiary/aromatic N) is 1. The van der Waals surface area contributed by atoms with Crippen LogP contribution in [0.3, 0.4) is 0 Å². The van der Waals surface area contributed by atoms with Crippen molar-refractivity contribution >= 4 is 17.3 Å². The molecule has 3 heteroatoms. The summed E-state index contributed by atoms with van der Waals surface area (Å²) < 4.78 is 0. The third kappa shape index (κ3) is 2.50. The minimum atomic E-state index is 0.0239. The average molecular weight is 246 g/mol. The third-order valence-electron chi connectivity index (χ3n) is 3.35. The Kier molecular flexibility index (Phi) is 3.09. The second kappa shape index (κ2) is 4.30. The molecule has 0 atom stereocenters. The zero-order chi connectivity index (χ0) is 13.5. The predicted molar refractivity (Wildman–Crippen MR) is 75.7 cm³/mol. The van der Waals surface area contributed by atoms with Crippen molar-refractivity contribution in [1.82, 2.24) is 0 Å². The van der Waals surface area contributed by atoms with E-state index in [9.17, 15) is 4.79 Å². The largest absolute Gasteiger partial charge is 0.398 e. The van der Waals surface area contributed by atoms with Gasteiger partial charge in [0.1, 0.15) is 0 Å². The van der Waals surface area contributed by atoms with Gasteiger partial charge in [0.15, 0.2) is 0 Å². The smallest absolute Gasteiger partial charge is 0.227 e. The van der Waals surface area contributed by atoms with E-state index in [1.165, 1.54) is 5.56 Å². The molecule has 0 unspecified atom stereocenters. The Balaban J connectivity index is 2.26. The molecule has 0 saturated carbocycles. The van der Waals surface area contributed by atoms with Gasteiger partial charge < -0.3 is 10.6 Å². The van der Waals surface area contributed by atoms with Gasteiger partial charge in [-0.05, 0) is 36.0 Å². The molecule has 0 saturated heterocycles. The van der Waals surface area contributed by atoms with Crippen LogP contribution in [0.4, 0.5) is 11.4 Å². The van der Waals surface area contributed by atoms with Crippen molar-refractivity contribution in [1.29, 1.82) is 0 Å². The van der Waals surface area contributed by atoms with Crippen molar-refractivity contribution in [2.24, 2.45) is 5.41 Å². The molecule has 1 aliphatic heterocycles. The first-order valence-corrected chi connectivity index (χ1v) is 6.47. The van der Waals surface area contributed by atoms with Gasteiger partial charge in [0, 0.05) is 24.3 Å². The van der Waals surface area contributed by atoms with E-state index in [0.29, 0.717) is 6.42 Å². The summed E-state index contributed by atoms with van der Waals surface area (Å²) in [5.74, 6) is 0.199. The molecule has 0 bridgehead atoms. The maximum absolute atomic E-state index is 12.3. The van der Waals surface area contributed by atoms with Crippen LogP contribution in [0.5, 0.6) is 0 Å². The molecule has 2 rings (SSSR count). The maximum Gasteiger partial charge on any atom is 0.227 e. The lowest BCUT2D eigenvalue weighted by molar-refractivity contribution is -0.120. The van der Waals surface area contributed by atoms with Gasteiger partial charge in [-0.1, -0.05) is 26.8 Å². The standard InChI is InChI=1S/C15H22N2O/c1-10-7-11-5-6-17(13(11)8-12(10)16)14(18)9-15(2,3)4/h7-8H,5-6,9,16H2,1-4H3. The van der Waals surface area contributed by atoms with Crippen LogP contribution in [0.1, 0.15) is 38.3 Å². The van der Waals surface area contributed by atoms with E-state index in [1.54, 1.807) is 0 Å². The molecule has 1 aromatic rings. The van der Waals surface area contributed by atoms with Crippen LogP contribution in [-0.2, 0) is 11.2 Å². The summed E-state index contributed by atoms with van der Waals surface area (Å²) in [7, 11) is 0. The maximum atomic E-state index is 12.3. The highest BCUT2D eigenvalue weighted by Crippen LogP contribution is 2.33. The van der Waals surface area contributed by atoms with E-state index in [0.717, 1.165) is 29.9 Å². The molecular weight excluding hydrogens is 224 g/mol. The highest BCUT2D eigenvalue weighted by molar-refractivity contribution is 5.96. The van der Waals surface area contributed by atoms with Gasteiger partial charge in [0.05, 0.1) is 0 Å². The lowest BCUT2D eigenvalue weighted by Gasteiger charge is -2.23. The quantitative estimate of drug-likeness (QED) is 0.774. The normalized spacial score (nSPS) is 14.8. The molecule has 1 aliphatic rings. The highest BCUT2D eigenvalue weighted by Gasteiger charge is 2.28. The van der Waals surface area contributed by atoms with E-state index in [4.69, 9.17) is 5.73 Å². The lowest BCUT2D eigenvalue weighted by Crippen LogP contribution is -2.32. The lowest BCUT2D eigenvalue weighted by atomic mass is 9.91.